The van der Waals surface area contributed by atoms with E-state index in [0.717, 1.165) is 6.04 Å². The minimum atomic E-state index is 0.770. The Kier molecular flexibility index (Phi) is 2.53. The lowest BCUT2D eigenvalue weighted by molar-refractivity contribution is -0.550. The second kappa shape index (κ2) is 3.24. The predicted octanol–water partition coefficient (Wildman–Crippen LogP) is 1.16. The molecule has 0 aromatic rings. The third kappa shape index (κ3) is 1.55. The maximum atomic E-state index is 2.39. The number of hydrogen-bond acceptors (Lipinski definition) is 1. The van der Waals surface area contributed by atoms with Crippen LogP contribution in [0.3, 0.4) is 0 Å². The molecular weight excluding hydrogens is 136 g/mol. The maximum absolute atomic E-state index is 2.39. The first-order valence-corrected chi connectivity index (χ1v) is 4.44. The molecule has 0 N–H and O–H groups in total. The van der Waals surface area contributed by atoms with Crippen molar-refractivity contribution >= 4 is 5.84 Å². The smallest absolute Gasteiger partial charge is 0.243 e. The molecule has 2 nitrogen and oxygen atoms in total. The summed E-state index contributed by atoms with van der Waals surface area (Å²) in [4.78, 5) is 2.33. The third-order valence-electron chi connectivity index (χ3n) is 2.88. The maximum Gasteiger partial charge on any atom is 0.243 e. The molecule has 0 aromatic heterocycles. The average molecular weight is 155 g/mol. The lowest BCUT2D eigenvalue weighted by Crippen LogP contribution is -2.43. The van der Waals surface area contributed by atoms with Crippen LogP contribution in [0.4, 0.5) is 0 Å². The zero-order valence-electron chi connectivity index (χ0n) is 8.09. The van der Waals surface area contributed by atoms with E-state index in [1.807, 2.05) is 0 Å². The monoisotopic (exact) mass is 155 g/mol. The zero-order valence-corrected chi connectivity index (χ0v) is 8.09. The number of rotatable bonds is 1. The molecule has 1 heterocycles. The molecule has 1 unspecified atom stereocenters. The second-order valence-electron chi connectivity index (χ2n) is 3.43. The van der Waals surface area contributed by atoms with Gasteiger partial charge in [0.25, 0.3) is 0 Å². The molecule has 0 amide bonds. The summed E-state index contributed by atoms with van der Waals surface area (Å²) < 4.78 is 2.39. The van der Waals surface area contributed by atoms with Crippen LogP contribution in [-0.2, 0) is 0 Å². The number of amidine groups is 1. The van der Waals surface area contributed by atoms with Crippen LogP contribution in [0.15, 0.2) is 0 Å². The largest absolute Gasteiger partial charge is 0.269 e. The number of nitrogens with zero attached hydrogens (tertiary/aromatic N) is 2. The van der Waals surface area contributed by atoms with Crippen LogP contribution in [0.2, 0.25) is 0 Å². The first kappa shape index (κ1) is 8.57. The van der Waals surface area contributed by atoms with Gasteiger partial charge in [0.15, 0.2) is 0 Å². The summed E-state index contributed by atoms with van der Waals surface area (Å²) in [6, 6.07) is 0.770. The van der Waals surface area contributed by atoms with Gasteiger partial charge in [0, 0.05) is 13.3 Å². The summed E-state index contributed by atoms with van der Waals surface area (Å²) in [5, 5.41) is 0. The average Bonchev–Trinajstić information content (AvgIpc) is 2.01. The Morgan fingerprint density at radius 2 is 2.27 bits per heavy atom. The van der Waals surface area contributed by atoms with E-state index in [0.29, 0.717) is 0 Å². The molecule has 0 bridgehead atoms. The SMILES string of the molecule is CCC1CCN(C)C(C)=[N+]1C. The van der Waals surface area contributed by atoms with Crippen LogP contribution in [0, 0.1) is 0 Å². The van der Waals surface area contributed by atoms with Gasteiger partial charge in [-0.25, -0.2) is 0 Å². The fourth-order valence-electron chi connectivity index (χ4n) is 1.71. The van der Waals surface area contributed by atoms with Gasteiger partial charge in [-0.05, 0) is 6.42 Å². The minimum absolute atomic E-state index is 0.770. The molecule has 1 aliphatic heterocycles. The predicted molar refractivity (Wildman–Crippen MR) is 48.2 cm³/mol. The van der Waals surface area contributed by atoms with Gasteiger partial charge < -0.3 is 0 Å². The summed E-state index contributed by atoms with van der Waals surface area (Å²) in [5.74, 6) is 1.41. The van der Waals surface area contributed by atoms with E-state index in [-0.39, 0.29) is 0 Å². The lowest BCUT2D eigenvalue weighted by Gasteiger charge is -2.26. The summed E-state index contributed by atoms with van der Waals surface area (Å²) in [5.41, 5.74) is 0. The molecule has 0 radical (unpaired) electrons. The zero-order chi connectivity index (χ0) is 8.43. The van der Waals surface area contributed by atoms with Crippen molar-refractivity contribution in [3.63, 3.8) is 0 Å². The van der Waals surface area contributed by atoms with E-state index in [9.17, 15) is 0 Å². The van der Waals surface area contributed by atoms with Crippen LogP contribution in [-0.4, -0.2) is 42.0 Å². The van der Waals surface area contributed by atoms with E-state index in [1.165, 1.54) is 25.2 Å². The van der Waals surface area contributed by atoms with Crippen molar-refractivity contribution in [2.24, 2.45) is 0 Å². The normalized spacial score (nSPS) is 26.2. The molecule has 1 aliphatic rings. The Bertz CT molecular complexity index is 172. The molecule has 0 saturated heterocycles. The van der Waals surface area contributed by atoms with Crippen LogP contribution in [0.5, 0.6) is 0 Å². The van der Waals surface area contributed by atoms with Gasteiger partial charge in [0.05, 0.1) is 26.7 Å². The van der Waals surface area contributed by atoms with Gasteiger partial charge in [0.1, 0.15) is 0 Å². The molecule has 0 saturated carbocycles. The van der Waals surface area contributed by atoms with Gasteiger partial charge in [-0.3, -0.25) is 9.48 Å². The molecule has 0 fully saturated rings. The van der Waals surface area contributed by atoms with Gasteiger partial charge in [-0.15, -0.1) is 0 Å². The standard InChI is InChI=1S/C9H19N2/c1-5-9-6-7-10(3)8(2)11(9)4/h9H,5-7H2,1-4H3/q+1. The first-order chi connectivity index (χ1) is 5.16. The molecule has 0 aromatic carbocycles. The van der Waals surface area contributed by atoms with Gasteiger partial charge in [0.2, 0.25) is 5.84 Å². The fraction of sp³-hybridized carbons (Fsp3) is 0.889. The highest BCUT2D eigenvalue weighted by molar-refractivity contribution is 5.74. The van der Waals surface area contributed by atoms with Crippen LogP contribution in [0.25, 0.3) is 0 Å². The van der Waals surface area contributed by atoms with E-state index in [4.69, 9.17) is 0 Å². The summed E-state index contributed by atoms with van der Waals surface area (Å²) in [6.45, 7) is 5.68. The summed E-state index contributed by atoms with van der Waals surface area (Å²) >= 11 is 0. The van der Waals surface area contributed by atoms with Crippen molar-refractivity contribution in [2.45, 2.75) is 32.7 Å². The van der Waals surface area contributed by atoms with Crippen LogP contribution >= 0.6 is 0 Å². The molecular formula is C9H19N2+. The highest BCUT2D eigenvalue weighted by Crippen LogP contribution is 2.09. The Morgan fingerprint density at radius 1 is 1.64 bits per heavy atom. The van der Waals surface area contributed by atoms with Crippen molar-refractivity contribution < 1.29 is 4.58 Å². The van der Waals surface area contributed by atoms with Crippen molar-refractivity contribution in [1.29, 1.82) is 0 Å². The van der Waals surface area contributed by atoms with Crippen molar-refractivity contribution in [3.05, 3.63) is 0 Å². The topological polar surface area (TPSA) is 6.25 Å². The van der Waals surface area contributed by atoms with Gasteiger partial charge in [-0.2, -0.15) is 0 Å². The van der Waals surface area contributed by atoms with E-state index in [1.54, 1.807) is 0 Å². The van der Waals surface area contributed by atoms with E-state index >= 15 is 0 Å². The molecule has 11 heavy (non-hydrogen) atoms. The Balaban J connectivity index is 2.78. The van der Waals surface area contributed by atoms with Gasteiger partial charge in [-0.1, -0.05) is 6.92 Å². The van der Waals surface area contributed by atoms with Crippen molar-refractivity contribution in [3.8, 4) is 0 Å². The first-order valence-electron chi connectivity index (χ1n) is 4.44. The lowest BCUT2D eigenvalue weighted by atomic mass is 10.1. The Labute approximate surface area is 69.5 Å². The summed E-state index contributed by atoms with van der Waals surface area (Å²) in [6.07, 6.45) is 2.57. The Hall–Kier alpha value is -0.530. The molecule has 0 spiro atoms. The highest BCUT2D eigenvalue weighted by atomic mass is 15.2. The quantitative estimate of drug-likeness (QED) is 0.515. The van der Waals surface area contributed by atoms with Crippen LogP contribution < -0.4 is 0 Å². The highest BCUT2D eigenvalue weighted by Gasteiger charge is 2.24. The fourth-order valence-corrected chi connectivity index (χ4v) is 1.71. The third-order valence-corrected chi connectivity index (χ3v) is 2.88. The van der Waals surface area contributed by atoms with Gasteiger partial charge >= 0.3 is 0 Å². The van der Waals surface area contributed by atoms with Crippen molar-refractivity contribution in [2.75, 3.05) is 20.6 Å². The van der Waals surface area contributed by atoms with E-state index < -0.39 is 0 Å². The molecule has 1 rings (SSSR count). The van der Waals surface area contributed by atoms with E-state index in [2.05, 4.69) is 37.4 Å². The summed E-state index contributed by atoms with van der Waals surface area (Å²) in [7, 11) is 4.36. The second-order valence-corrected chi connectivity index (χ2v) is 3.43. The molecule has 1 atom stereocenters. The minimum Gasteiger partial charge on any atom is -0.269 e. The number of hydrogen-bond donors (Lipinski definition) is 0. The van der Waals surface area contributed by atoms with Crippen molar-refractivity contribution in [1.82, 2.24) is 4.90 Å². The molecule has 0 aliphatic carbocycles. The molecule has 2 heteroatoms. The van der Waals surface area contributed by atoms with Crippen LogP contribution in [0.1, 0.15) is 26.7 Å². The Morgan fingerprint density at radius 3 is 2.82 bits per heavy atom. The molecule has 64 valence electrons.